The van der Waals surface area contributed by atoms with E-state index < -0.39 is 0 Å². The summed E-state index contributed by atoms with van der Waals surface area (Å²) in [7, 11) is 1.68. The molecule has 21 heavy (non-hydrogen) atoms. The molecule has 0 saturated heterocycles. The fraction of sp³-hybridized carbons (Fsp3) is 0.235. The molecular formula is C17H18N2OS. The monoisotopic (exact) mass is 298 g/mol. The second-order valence-corrected chi connectivity index (χ2v) is 5.59. The smallest absolute Gasteiger partial charge is 0.178 e. The number of hydrogen-bond acceptors (Lipinski definition) is 2. The van der Waals surface area contributed by atoms with E-state index in [1.165, 1.54) is 11.1 Å². The van der Waals surface area contributed by atoms with Gasteiger partial charge >= 0.3 is 0 Å². The molecule has 0 fully saturated rings. The van der Waals surface area contributed by atoms with E-state index in [1.807, 2.05) is 18.2 Å². The van der Waals surface area contributed by atoms with Crippen LogP contribution in [-0.4, -0.2) is 16.7 Å². The molecule has 0 unspecified atom stereocenters. The lowest BCUT2D eigenvalue weighted by atomic mass is 10.1. The maximum Gasteiger partial charge on any atom is 0.178 e. The van der Waals surface area contributed by atoms with Crippen molar-refractivity contribution in [2.45, 2.75) is 19.9 Å². The first-order chi connectivity index (χ1) is 10.2. The quantitative estimate of drug-likeness (QED) is 0.729. The van der Waals surface area contributed by atoms with Gasteiger partial charge < -0.3 is 14.3 Å². The average Bonchev–Trinajstić information content (AvgIpc) is 2.79. The highest BCUT2D eigenvalue weighted by Crippen LogP contribution is 2.21. The van der Waals surface area contributed by atoms with Crippen LogP contribution in [0.25, 0.3) is 11.0 Å². The lowest BCUT2D eigenvalue weighted by Crippen LogP contribution is -2.01. The Labute approximate surface area is 129 Å². The number of benzene rings is 2. The number of aryl methyl sites for hydroxylation is 3. The van der Waals surface area contributed by atoms with Crippen LogP contribution in [0.1, 0.15) is 11.1 Å². The number of fused-ring (bicyclic) bond motifs is 1. The van der Waals surface area contributed by atoms with Gasteiger partial charge in [-0.2, -0.15) is 0 Å². The first-order valence-electron chi connectivity index (χ1n) is 6.99. The van der Waals surface area contributed by atoms with Crippen molar-refractivity contribution in [3.8, 4) is 5.75 Å². The first-order valence-corrected chi connectivity index (χ1v) is 7.40. The molecule has 3 rings (SSSR count). The lowest BCUT2D eigenvalue weighted by molar-refractivity contribution is 0.415. The lowest BCUT2D eigenvalue weighted by Gasteiger charge is -2.07. The zero-order chi connectivity index (χ0) is 14.8. The molecule has 2 aromatic carbocycles. The normalized spacial score (nSPS) is 11.0. The summed E-state index contributed by atoms with van der Waals surface area (Å²) in [5, 5.41) is 0. The van der Waals surface area contributed by atoms with Crippen LogP contribution in [0.3, 0.4) is 0 Å². The number of rotatable bonds is 4. The maximum atomic E-state index is 5.44. The van der Waals surface area contributed by atoms with Gasteiger partial charge in [0.25, 0.3) is 0 Å². The molecular weight excluding hydrogens is 280 g/mol. The second-order valence-electron chi connectivity index (χ2n) is 5.20. The highest BCUT2D eigenvalue weighted by atomic mass is 32.1. The van der Waals surface area contributed by atoms with Crippen molar-refractivity contribution in [3.63, 3.8) is 0 Å². The Morgan fingerprint density at radius 2 is 2.05 bits per heavy atom. The largest absolute Gasteiger partial charge is 0.497 e. The van der Waals surface area contributed by atoms with E-state index in [0.717, 1.165) is 34.5 Å². The van der Waals surface area contributed by atoms with E-state index in [9.17, 15) is 0 Å². The van der Waals surface area contributed by atoms with Gasteiger partial charge in [-0.05, 0) is 43.3 Å². The summed E-state index contributed by atoms with van der Waals surface area (Å²) < 4.78 is 8.19. The molecule has 0 radical (unpaired) electrons. The second kappa shape index (κ2) is 5.74. The summed E-state index contributed by atoms with van der Waals surface area (Å²) in [6.45, 7) is 2.97. The van der Waals surface area contributed by atoms with Crippen molar-refractivity contribution in [2.24, 2.45) is 0 Å². The summed E-state index contributed by atoms with van der Waals surface area (Å²) in [6, 6.07) is 14.6. The van der Waals surface area contributed by atoms with E-state index >= 15 is 0 Å². The van der Waals surface area contributed by atoms with Crippen LogP contribution >= 0.6 is 12.2 Å². The number of methoxy groups -OCH3 is 1. The molecule has 3 aromatic rings. The van der Waals surface area contributed by atoms with Crippen LogP contribution in [-0.2, 0) is 13.0 Å². The number of H-pyrrole nitrogens is 1. The van der Waals surface area contributed by atoms with Crippen LogP contribution in [0.5, 0.6) is 5.75 Å². The number of aromatic amines is 1. The van der Waals surface area contributed by atoms with Gasteiger partial charge in [0.15, 0.2) is 4.77 Å². The van der Waals surface area contributed by atoms with Gasteiger partial charge in [-0.3, -0.25) is 0 Å². The molecule has 0 aliphatic rings. The van der Waals surface area contributed by atoms with Crippen LogP contribution < -0.4 is 4.74 Å². The Morgan fingerprint density at radius 3 is 2.81 bits per heavy atom. The Bertz CT molecular complexity index is 832. The SMILES string of the molecule is COc1ccc2[nH]c(=S)n(CCc3cccc(C)c3)c2c1. The minimum atomic E-state index is 0.755. The number of hydrogen-bond donors (Lipinski definition) is 1. The number of nitrogens with one attached hydrogen (secondary N) is 1. The van der Waals surface area contributed by atoms with Gasteiger partial charge in [-0.25, -0.2) is 0 Å². The summed E-state index contributed by atoms with van der Waals surface area (Å²) in [5.74, 6) is 0.848. The molecule has 3 nitrogen and oxygen atoms in total. The Balaban J connectivity index is 1.92. The van der Waals surface area contributed by atoms with Crippen molar-refractivity contribution in [1.82, 2.24) is 9.55 Å². The Kier molecular flexibility index (Phi) is 3.80. The average molecular weight is 298 g/mol. The third kappa shape index (κ3) is 2.85. The van der Waals surface area contributed by atoms with E-state index in [0.29, 0.717) is 0 Å². The first kappa shape index (κ1) is 13.9. The van der Waals surface area contributed by atoms with Crippen LogP contribution in [0, 0.1) is 11.7 Å². The molecule has 1 N–H and O–H groups in total. The molecule has 0 aliphatic heterocycles. The van der Waals surface area contributed by atoms with Crippen molar-refractivity contribution >= 4 is 23.3 Å². The number of ether oxygens (including phenoxy) is 1. The molecule has 0 aliphatic carbocycles. The summed E-state index contributed by atoms with van der Waals surface area (Å²) in [5.41, 5.74) is 4.75. The minimum absolute atomic E-state index is 0.755. The Morgan fingerprint density at radius 1 is 1.19 bits per heavy atom. The fourth-order valence-corrected chi connectivity index (χ4v) is 2.89. The predicted octanol–water partition coefficient (Wildman–Crippen LogP) is 4.26. The number of aromatic nitrogens is 2. The zero-order valence-electron chi connectivity index (χ0n) is 12.2. The van der Waals surface area contributed by atoms with Crippen molar-refractivity contribution in [2.75, 3.05) is 7.11 Å². The molecule has 1 heterocycles. The molecule has 1 aromatic heterocycles. The fourth-order valence-electron chi connectivity index (χ4n) is 2.59. The van der Waals surface area contributed by atoms with Gasteiger partial charge in [0, 0.05) is 12.6 Å². The minimum Gasteiger partial charge on any atom is -0.497 e. The van der Waals surface area contributed by atoms with Gasteiger partial charge in [-0.15, -0.1) is 0 Å². The van der Waals surface area contributed by atoms with Crippen molar-refractivity contribution in [3.05, 3.63) is 58.4 Å². The van der Waals surface area contributed by atoms with E-state index in [2.05, 4.69) is 40.7 Å². The molecule has 0 amide bonds. The highest BCUT2D eigenvalue weighted by molar-refractivity contribution is 7.71. The van der Waals surface area contributed by atoms with E-state index in [4.69, 9.17) is 17.0 Å². The zero-order valence-corrected chi connectivity index (χ0v) is 13.0. The molecule has 0 bridgehead atoms. The summed E-state index contributed by atoms with van der Waals surface area (Å²) in [6.07, 6.45) is 0.958. The van der Waals surface area contributed by atoms with Crippen molar-refractivity contribution < 1.29 is 4.74 Å². The summed E-state index contributed by atoms with van der Waals surface area (Å²) in [4.78, 5) is 3.25. The number of imidazole rings is 1. The van der Waals surface area contributed by atoms with Gasteiger partial charge in [0.1, 0.15) is 5.75 Å². The predicted molar refractivity (Wildman–Crippen MR) is 88.6 cm³/mol. The van der Waals surface area contributed by atoms with Crippen molar-refractivity contribution in [1.29, 1.82) is 0 Å². The van der Waals surface area contributed by atoms with E-state index in [-0.39, 0.29) is 0 Å². The third-order valence-electron chi connectivity index (χ3n) is 3.69. The van der Waals surface area contributed by atoms with E-state index in [1.54, 1.807) is 7.11 Å². The van der Waals surface area contributed by atoms with Gasteiger partial charge in [-0.1, -0.05) is 29.8 Å². The van der Waals surface area contributed by atoms with Crippen LogP contribution in [0.2, 0.25) is 0 Å². The van der Waals surface area contributed by atoms with Gasteiger partial charge in [0.05, 0.1) is 18.1 Å². The number of nitrogens with zero attached hydrogens (tertiary/aromatic N) is 1. The summed E-state index contributed by atoms with van der Waals surface area (Å²) >= 11 is 5.44. The van der Waals surface area contributed by atoms with Gasteiger partial charge in [0.2, 0.25) is 0 Å². The molecule has 0 atom stereocenters. The molecule has 0 saturated carbocycles. The molecule has 108 valence electrons. The maximum absolute atomic E-state index is 5.44. The van der Waals surface area contributed by atoms with Crippen LogP contribution in [0.15, 0.2) is 42.5 Å². The molecule has 0 spiro atoms. The third-order valence-corrected chi connectivity index (χ3v) is 4.01. The Hall–Kier alpha value is -2.07. The molecule has 4 heteroatoms. The van der Waals surface area contributed by atoms with Crippen LogP contribution in [0.4, 0.5) is 0 Å². The topological polar surface area (TPSA) is 29.9 Å². The highest BCUT2D eigenvalue weighted by Gasteiger charge is 2.06. The standard InChI is InChI=1S/C17H18N2OS/c1-12-4-3-5-13(10-12)8-9-19-16-11-14(20-2)6-7-15(16)18-17(19)21/h3-7,10-11H,8-9H2,1-2H3,(H,18,21).